The van der Waals surface area contributed by atoms with Gasteiger partial charge in [0.15, 0.2) is 0 Å². The predicted molar refractivity (Wildman–Crippen MR) is 65.1 cm³/mol. The molecule has 2 amide bonds. The number of carbonyl (C=O) groups excluding carboxylic acids is 2. The van der Waals surface area contributed by atoms with E-state index in [-0.39, 0.29) is 18.4 Å². The molecule has 0 unspecified atom stereocenters. The van der Waals surface area contributed by atoms with Crippen molar-refractivity contribution in [1.29, 1.82) is 0 Å². The summed E-state index contributed by atoms with van der Waals surface area (Å²) in [5.74, 6) is -0.698. The van der Waals surface area contributed by atoms with E-state index in [0.29, 0.717) is 24.0 Å². The van der Waals surface area contributed by atoms with Crippen LogP contribution in [-0.4, -0.2) is 39.0 Å². The highest BCUT2D eigenvalue weighted by Gasteiger charge is 2.46. The van der Waals surface area contributed by atoms with Crippen LogP contribution in [0.25, 0.3) is 0 Å². The predicted octanol–water partition coefficient (Wildman–Crippen LogP) is 1.23. The van der Waals surface area contributed by atoms with Gasteiger partial charge in [0, 0.05) is 12.4 Å². The van der Waals surface area contributed by atoms with Crippen LogP contribution < -0.4 is 0 Å². The Morgan fingerprint density at radius 1 is 1.22 bits per heavy atom. The molecule has 18 heavy (non-hydrogen) atoms. The number of hydrogen-bond acceptors (Lipinski definition) is 4. The number of fused-ring (bicyclic) bond motifs is 1. The molecule has 1 aliphatic heterocycles. The first-order valence-electron chi connectivity index (χ1n) is 6.05. The number of nitrogens with zero attached hydrogens (tertiary/aromatic N) is 2. The Bertz CT molecular complexity index is 451. The third kappa shape index (κ3) is 1.54. The monoisotopic (exact) mass is 248 g/mol. The Kier molecular flexibility index (Phi) is 3.17. The summed E-state index contributed by atoms with van der Waals surface area (Å²) in [6.07, 6.45) is 3.95. The fraction of sp³-hybridized carbons (Fsp3) is 0.462. The largest absolute Gasteiger partial charge is 0.394 e. The maximum atomic E-state index is 12.3. The van der Waals surface area contributed by atoms with Crippen LogP contribution in [0.4, 0.5) is 0 Å². The third-order valence-corrected chi connectivity index (χ3v) is 3.77. The number of hydrogen-bond donors (Lipinski definition) is 1. The van der Waals surface area contributed by atoms with E-state index < -0.39 is 5.54 Å². The molecule has 5 heteroatoms. The van der Waals surface area contributed by atoms with E-state index in [0.717, 1.165) is 0 Å². The summed E-state index contributed by atoms with van der Waals surface area (Å²) in [7, 11) is 0. The number of aliphatic hydroxyl groups excluding tert-OH is 1. The van der Waals surface area contributed by atoms with Crippen LogP contribution in [0.1, 0.15) is 47.4 Å². The molecule has 0 atom stereocenters. The van der Waals surface area contributed by atoms with E-state index in [9.17, 15) is 14.7 Å². The average molecular weight is 248 g/mol. The van der Waals surface area contributed by atoms with Crippen LogP contribution in [0, 0.1) is 0 Å². The molecule has 2 heterocycles. The van der Waals surface area contributed by atoms with Crippen LogP contribution in [-0.2, 0) is 0 Å². The van der Waals surface area contributed by atoms with Gasteiger partial charge >= 0.3 is 0 Å². The molecule has 0 spiro atoms. The molecule has 0 aliphatic carbocycles. The summed E-state index contributed by atoms with van der Waals surface area (Å²) in [6.45, 7) is 3.50. The van der Waals surface area contributed by atoms with Crippen molar-refractivity contribution in [2.24, 2.45) is 0 Å². The second kappa shape index (κ2) is 4.49. The highest BCUT2D eigenvalue weighted by atomic mass is 16.3. The summed E-state index contributed by atoms with van der Waals surface area (Å²) in [5.41, 5.74) is -0.121. The Morgan fingerprint density at radius 3 is 2.33 bits per heavy atom. The maximum Gasteiger partial charge on any atom is 0.263 e. The number of imide groups is 1. The molecule has 0 bridgehead atoms. The Morgan fingerprint density at radius 2 is 1.83 bits per heavy atom. The average Bonchev–Trinajstić information content (AvgIpc) is 2.67. The molecule has 0 saturated heterocycles. The Labute approximate surface area is 105 Å². The minimum absolute atomic E-state index is 0.223. The summed E-state index contributed by atoms with van der Waals surface area (Å²) < 4.78 is 0. The summed E-state index contributed by atoms with van der Waals surface area (Å²) in [5, 5.41) is 9.59. The van der Waals surface area contributed by atoms with Crippen LogP contribution in [0.3, 0.4) is 0 Å². The molecule has 1 N–H and O–H groups in total. The van der Waals surface area contributed by atoms with Crippen molar-refractivity contribution < 1.29 is 14.7 Å². The van der Waals surface area contributed by atoms with E-state index in [4.69, 9.17) is 0 Å². The van der Waals surface area contributed by atoms with Gasteiger partial charge in [-0.3, -0.25) is 19.5 Å². The Balaban J connectivity index is 2.51. The summed E-state index contributed by atoms with van der Waals surface area (Å²) in [4.78, 5) is 29.6. The maximum absolute atomic E-state index is 12.3. The quantitative estimate of drug-likeness (QED) is 0.813. The van der Waals surface area contributed by atoms with Crippen LogP contribution in [0.5, 0.6) is 0 Å². The lowest BCUT2D eigenvalue weighted by molar-refractivity contribution is 0.0220. The first kappa shape index (κ1) is 12.7. The van der Waals surface area contributed by atoms with Gasteiger partial charge in [-0.15, -0.1) is 0 Å². The van der Waals surface area contributed by atoms with Gasteiger partial charge in [0.25, 0.3) is 11.8 Å². The molecule has 1 aromatic heterocycles. The van der Waals surface area contributed by atoms with Gasteiger partial charge in [-0.2, -0.15) is 0 Å². The van der Waals surface area contributed by atoms with Crippen molar-refractivity contribution in [3.05, 3.63) is 29.6 Å². The van der Waals surface area contributed by atoms with Gasteiger partial charge in [0.05, 0.1) is 23.3 Å². The smallest absolute Gasteiger partial charge is 0.263 e. The van der Waals surface area contributed by atoms with Crippen molar-refractivity contribution in [1.82, 2.24) is 9.88 Å². The van der Waals surface area contributed by atoms with Gasteiger partial charge in [-0.1, -0.05) is 13.8 Å². The van der Waals surface area contributed by atoms with Gasteiger partial charge in [-0.05, 0) is 18.9 Å². The molecule has 1 aliphatic rings. The SMILES string of the molecule is CCC(CC)(CO)N1C(=O)c2ccncc2C1=O. The molecule has 0 radical (unpaired) electrons. The van der Waals surface area contributed by atoms with Crippen LogP contribution >= 0.6 is 0 Å². The topological polar surface area (TPSA) is 70.5 Å². The fourth-order valence-electron chi connectivity index (χ4n) is 2.38. The normalized spacial score (nSPS) is 15.2. The molecule has 5 nitrogen and oxygen atoms in total. The van der Waals surface area contributed by atoms with E-state index >= 15 is 0 Å². The van der Waals surface area contributed by atoms with Crippen LogP contribution in [0.2, 0.25) is 0 Å². The Hall–Kier alpha value is -1.75. The van der Waals surface area contributed by atoms with Gasteiger partial charge in [0.2, 0.25) is 0 Å². The molecule has 1 aromatic rings. The molecule has 0 aromatic carbocycles. The van der Waals surface area contributed by atoms with Crippen molar-refractivity contribution in [3.8, 4) is 0 Å². The third-order valence-electron chi connectivity index (χ3n) is 3.77. The van der Waals surface area contributed by atoms with Gasteiger partial charge in [0.1, 0.15) is 0 Å². The van der Waals surface area contributed by atoms with Crippen molar-refractivity contribution in [2.75, 3.05) is 6.61 Å². The lowest BCUT2D eigenvalue weighted by atomic mass is 9.91. The zero-order valence-electron chi connectivity index (χ0n) is 10.5. The van der Waals surface area contributed by atoms with Gasteiger partial charge < -0.3 is 5.11 Å². The molecular weight excluding hydrogens is 232 g/mol. The van der Waals surface area contributed by atoms with E-state index in [1.165, 1.54) is 17.3 Å². The summed E-state index contributed by atoms with van der Waals surface area (Å²) in [6, 6.07) is 1.54. The molecule has 2 rings (SSSR count). The van der Waals surface area contributed by atoms with Crippen molar-refractivity contribution in [3.63, 3.8) is 0 Å². The lowest BCUT2D eigenvalue weighted by Gasteiger charge is -2.37. The van der Waals surface area contributed by atoms with E-state index in [1.807, 2.05) is 13.8 Å². The minimum atomic E-state index is -0.812. The van der Waals surface area contributed by atoms with Crippen molar-refractivity contribution >= 4 is 11.8 Å². The zero-order chi connectivity index (χ0) is 13.3. The number of aliphatic hydroxyl groups is 1. The molecular formula is C13H16N2O3. The molecule has 0 fully saturated rings. The van der Waals surface area contributed by atoms with Crippen molar-refractivity contribution in [2.45, 2.75) is 32.2 Å². The van der Waals surface area contributed by atoms with E-state index in [2.05, 4.69) is 4.98 Å². The number of amides is 2. The summed E-state index contributed by atoms with van der Waals surface area (Å²) >= 11 is 0. The van der Waals surface area contributed by atoms with E-state index in [1.54, 1.807) is 6.07 Å². The number of carbonyl (C=O) groups is 2. The first-order chi connectivity index (χ1) is 8.61. The lowest BCUT2D eigenvalue weighted by Crippen LogP contribution is -2.53. The highest BCUT2D eigenvalue weighted by Crippen LogP contribution is 2.32. The minimum Gasteiger partial charge on any atom is -0.394 e. The first-order valence-corrected chi connectivity index (χ1v) is 6.05. The zero-order valence-corrected chi connectivity index (χ0v) is 10.5. The molecule has 96 valence electrons. The second-order valence-corrected chi connectivity index (χ2v) is 4.46. The highest BCUT2D eigenvalue weighted by molar-refractivity contribution is 6.21. The number of pyridine rings is 1. The number of rotatable bonds is 4. The second-order valence-electron chi connectivity index (χ2n) is 4.46. The molecule has 0 saturated carbocycles. The van der Waals surface area contributed by atoms with Crippen LogP contribution in [0.15, 0.2) is 18.5 Å². The fourth-order valence-corrected chi connectivity index (χ4v) is 2.38. The standard InChI is InChI=1S/C13H16N2O3/c1-3-13(4-2,8-16)15-11(17)9-5-6-14-7-10(9)12(15)18/h5-7,16H,3-4,8H2,1-2H3. The van der Waals surface area contributed by atoms with Gasteiger partial charge in [-0.25, -0.2) is 0 Å². The number of aromatic nitrogens is 1.